The predicted molar refractivity (Wildman–Crippen MR) is 330 cm³/mol. The van der Waals surface area contributed by atoms with E-state index >= 15 is 4.79 Å². The summed E-state index contributed by atoms with van der Waals surface area (Å²) in [5.41, 5.74) is 17.6. The molecule has 0 aliphatic heterocycles. The van der Waals surface area contributed by atoms with Crippen molar-refractivity contribution in [2.45, 2.75) is 99.8 Å². The number of nitrogens with zero attached hydrogens (tertiary/aromatic N) is 12. The van der Waals surface area contributed by atoms with Crippen LogP contribution >= 0.6 is 12.2 Å². The third kappa shape index (κ3) is 8.77. The number of fused-ring (bicyclic) bond motifs is 3. The number of hydrogen-bond donors (Lipinski definition) is 6. The van der Waals surface area contributed by atoms with Crippen molar-refractivity contribution in [2.75, 3.05) is 5.73 Å². The van der Waals surface area contributed by atoms with E-state index in [0.29, 0.717) is 70.3 Å². The smallest absolute Gasteiger partial charge is 0.350 e. The van der Waals surface area contributed by atoms with E-state index in [4.69, 9.17) is 28.1 Å². The third-order valence-electron chi connectivity index (χ3n) is 16.9. The van der Waals surface area contributed by atoms with Gasteiger partial charge < -0.3 is 45.0 Å². The van der Waals surface area contributed by atoms with E-state index in [1.165, 1.54) is 32.6 Å². The summed E-state index contributed by atoms with van der Waals surface area (Å²) in [7, 11) is 2.07. The Labute approximate surface area is 488 Å². The van der Waals surface area contributed by atoms with E-state index in [1.807, 2.05) is 115 Å². The summed E-state index contributed by atoms with van der Waals surface area (Å²) in [6.45, 7) is 16.6. The molecule has 6 aromatic heterocycles. The standard InChI is InChI=1S/C64H65N13O6S/c1-10-39-26-45(34(4)25-54(39)78)60-69-74(64(84)75(60)42-19-20-49-46(29-42)37(7)38(8)70(49)9)33-36(6)72-24-22-44-51(72)16-14-18-53(44)77-61(48-28-41(12-3)56(80)31-58(48)82)68-73(63(77)83)32-35(5)71-23-21-43-50(71)15-13-17-52(43)76-59(66-67-62(76)65)47-27-40(11-2)55(79)30-57(47)81/h13-31,35-36,78-82H,10-12,32-33H2,1-9H3,(H2,65,67). The quantitative estimate of drug-likeness (QED) is 0.0526. The predicted octanol–water partition coefficient (Wildman–Crippen LogP) is 12.0. The average Bonchev–Trinajstić information content (AvgIpc) is 1.96. The number of hydrogen-bond acceptors (Lipinski definition) is 12. The molecular weight excluding hydrogens is 1080 g/mol. The van der Waals surface area contributed by atoms with Gasteiger partial charge in [-0.3, -0.25) is 9.13 Å². The van der Waals surface area contributed by atoms with Gasteiger partial charge in [-0.2, -0.15) is 5.10 Å². The van der Waals surface area contributed by atoms with Crippen molar-refractivity contribution >= 4 is 50.9 Å². The fraction of sp³-hybridized carbons (Fsp3) is 0.250. The Morgan fingerprint density at radius 1 is 0.548 bits per heavy atom. The Balaban J connectivity index is 0.929. The molecule has 0 amide bonds. The van der Waals surface area contributed by atoms with Gasteiger partial charge >= 0.3 is 5.69 Å². The van der Waals surface area contributed by atoms with Gasteiger partial charge in [0.05, 0.1) is 64.4 Å². The minimum absolute atomic E-state index is 0.0252. The van der Waals surface area contributed by atoms with Gasteiger partial charge in [0.1, 0.15) is 28.7 Å². The molecule has 0 aliphatic rings. The van der Waals surface area contributed by atoms with Crippen LogP contribution < -0.4 is 11.4 Å². The summed E-state index contributed by atoms with van der Waals surface area (Å²) in [5.74, 6) is 0.963. The molecule has 7 N–H and O–H groups in total. The molecule has 2 atom stereocenters. The molecule has 20 heteroatoms. The highest BCUT2D eigenvalue weighted by molar-refractivity contribution is 7.71. The van der Waals surface area contributed by atoms with Gasteiger partial charge in [-0.25, -0.2) is 18.7 Å². The van der Waals surface area contributed by atoms with Gasteiger partial charge in [-0.05, 0) is 173 Å². The van der Waals surface area contributed by atoms with Crippen LogP contribution in [0.25, 0.3) is 83.9 Å². The molecule has 0 radical (unpaired) electrons. The second-order valence-corrected chi connectivity index (χ2v) is 22.2. The first-order valence-corrected chi connectivity index (χ1v) is 28.5. The van der Waals surface area contributed by atoms with Crippen molar-refractivity contribution in [1.29, 1.82) is 0 Å². The number of nitrogens with two attached hydrogens (primary N) is 1. The Bertz CT molecular complexity index is 4750. The summed E-state index contributed by atoms with van der Waals surface area (Å²) < 4.78 is 15.4. The molecule has 12 aromatic rings. The maximum Gasteiger partial charge on any atom is 0.350 e. The highest BCUT2D eigenvalue weighted by atomic mass is 32.1. The zero-order valence-corrected chi connectivity index (χ0v) is 49.0. The number of benzene rings is 6. The average molecular weight is 1140 g/mol. The SMILES string of the molecule is CCc1cc(-c2nn(CC(C)n3ccc4c(-n5c(-c6cc(CC)c(O)cc6O)nn(CC(C)n6ccc7c(-n8c(N)nnc8-c8cc(CC)c(O)cc8O)cccc76)c5=O)cccc43)c(=S)n2-c2ccc3c(c2)c(C)c(C)n3C)c(C)cc1O. The number of aromatic hydroxyl groups is 5. The van der Waals surface area contributed by atoms with Crippen molar-refractivity contribution in [3.8, 4) is 80.0 Å². The molecule has 0 saturated carbocycles. The molecule has 6 heterocycles. The number of anilines is 1. The topological polar surface area (TPSA) is 235 Å². The Kier molecular flexibility index (Phi) is 13.6. The van der Waals surface area contributed by atoms with Crippen LogP contribution in [0.4, 0.5) is 5.95 Å². The zero-order valence-electron chi connectivity index (χ0n) is 48.2. The maximum atomic E-state index is 15.3. The molecule has 2 unspecified atom stereocenters. The largest absolute Gasteiger partial charge is 0.508 e. The Morgan fingerprint density at radius 2 is 1.06 bits per heavy atom. The van der Waals surface area contributed by atoms with Gasteiger partial charge in [0.2, 0.25) is 10.7 Å². The second-order valence-electron chi connectivity index (χ2n) is 21.9. The van der Waals surface area contributed by atoms with Crippen molar-refractivity contribution in [1.82, 2.24) is 57.2 Å². The zero-order chi connectivity index (χ0) is 59.3. The normalized spacial score (nSPS) is 12.6. The lowest BCUT2D eigenvalue weighted by molar-refractivity contribution is 0.436. The summed E-state index contributed by atoms with van der Waals surface area (Å²) in [6, 6.07) is 30.9. The number of rotatable bonds is 15. The van der Waals surface area contributed by atoms with Crippen LogP contribution in [0, 0.1) is 25.5 Å². The maximum absolute atomic E-state index is 15.3. The van der Waals surface area contributed by atoms with E-state index in [0.717, 1.165) is 55.1 Å². The first-order valence-electron chi connectivity index (χ1n) is 28.1. The van der Waals surface area contributed by atoms with E-state index in [-0.39, 0.29) is 64.7 Å². The number of aromatic nitrogens is 12. The summed E-state index contributed by atoms with van der Waals surface area (Å²) >= 11 is 6.39. The van der Waals surface area contributed by atoms with Crippen LogP contribution in [-0.2, 0) is 39.4 Å². The highest BCUT2D eigenvalue weighted by Crippen LogP contribution is 2.41. The molecule has 6 aromatic carbocycles. The first-order chi connectivity index (χ1) is 40.3. The molecule has 0 fully saturated rings. The number of nitrogen functional groups attached to an aromatic ring is 1. The first kappa shape index (κ1) is 54.8. The van der Waals surface area contributed by atoms with Gasteiger partial charge in [0.25, 0.3) is 0 Å². The molecule has 0 saturated heterocycles. The van der Waals surface area contributed by atoms with Crippen LogP contribution in [0.15, 0.2) is 120 Å². The van der Waals surface area contributed by atoms with Crippen LogP contribution in [0.3, 0.4) is 0 Å². The van der Waals surface area contributed by atoms with Crippen LogP contribution in [0.5, 0.6) is 28.7 Å². The van der Waals surface area contributed by atoms with Crippen molar-refractivity contribution in [3.05, 3.63) is 164 Å². The molecule has 0 spiro atoms. The summed E-state index contributed by atoms with van der Waals surface area (Å²) in [5, 5.41) is 76.4. The molecule has 0 aliphatic carbocycles. The molecule has 84 heavy (non-hydrogen) atoms. The van der Waals surface area contributed by atoms with E-state index < -0.39 is 5.69 Å². The van der Waals surface area contributed by atoms with Gasteiger partial charge in [-0.1, -0.05) is 32.9 Å². The minimum Gasteiger partial charge on any atom is -0.508 e. The molecule has 19 nitrogen and oxygen atoms in total. The Morgan fingerprint density at radius 3 is 1.64 bits per heavy atom. The van der Waals surface area contributed by atoms with Gasteiger partial charge in [0.15, 0.2) is 17.5 Å². The molecule has 0 bridgehead atoms. The number of aryl methyl sites for hydroxylation is 6. The fourth-order valence-corrected chi connectivity index (χ4v) is 12.4. The Hall–Kier alpha value is -9.82. The fourth-order valence-electron chi connectivity index (χ4n) is 12.1. The lowest BCUT2D eigenvalue weighted by atomic mass is 10.0. The van der Waals surface area contributed by atoms with Crippen molar-refractivity contribution < 1.29 is 25.5 Å². The van der Waals surface area contributed by atoms with Crippen molar-refractivity contribution in [2.24, 2.45) is 7.05 Å². The highest BCUT2D eigenvalue weighted by Gasteiger charge is 2.27. The lowest BCUT2D eigenvalue weighted by Crippen LogP contribution is -2.27. The monoisotopic (exact) mass is 1140 g/mol. The van der Waals surface area contributed by atoms with E-state index in [2.05, 4.69) is 65.3 Å². The molecular formula is C64H65N13O6S. The third-order valence-corrected chi connectivity index (χ3v) is 17.3. The van der Waals surface area contributed by atoms with Gasteiger partial charge in [-0.15, -0.1) is 15.3 Å². The van der Waals surface area contributed by atoms with E-state index in [1.54, 1.807) is 22.8 Å². The van der Waals surface area contributed by atoms with Crippen LogP contribution in [-0.4, -0.2) is 82.7 Å². The van der Waals surface area contributed by atoms with Crippen molar-refractivity contribution in [3.63, 3.8) is 0 Å². The van der Waals surface area contributed by atoms with Crippen LogP contribution in [0.1, 0.15) is 80.2 Å². The van der Waals surface area contributed by atoms with Gasteiger partial charge in [0, 0.05) is 64.5 Å². The second kappa shape index (κ2) is 20.9. The van der Waals surface area contributed by atoms with Crippen LogP contribution in [0.2, 0.25) is 0 Å². The van der Waals surface area contributed by atoms with E-state index in [9.17, 15) is 25.5 Å². The summed E-state index contributed by atoms with van der Waals surface area (Å²) in [4.78, 5) is 15.3. The number of phenolic OH excluding ortho intramolecular Hbond substituents is 5. The summed E-state index contributed by atoms with van der Waals surface area (Å²) in [6.07, 6.45) is 5.53. The lowest BCUT2D eigenvalue weighted by Gasteiger charge is -2.16. The molecule has 428 valence electrons. The number of phenols is 5. The molecule has 12 rings (SSSR count). The minimum atomic E-state index is -0.450.